The third-order valence-corrected chi connectivity index (χ3v) is 4.79. The number of anilines is 1. The molecule has 2 rings (SSSR count). The third-order valence-electron chi connectivity index (χ3n) is 2.69. The monoisotopic (exact) mass is 270 g/mol. The van der Waals surface area contributed by atoms with Crippen LogP contribution in [0.25, 0.3) is 0 Å². The van der Waals surface area contributed by atoms with Crippen LogP contribution in [0.3, 0.4) is 0 Å². The highest BCUT2D eigenvalue weighted by Crippen LogP contribution is 2.22. The Labute approximate surface area is 105 Å². The van der Waals surface area contributed by atoms with Gasteiger partial charge in [-0.05, 0) is 24.6 Å². The van der Waals surface area contributed by atoms with Gasteiger partial charge in [-0.2, -0.15) is 5.26 Å². The molecular weight excluding hydrogens is 260 g/mol. The fourth-order valence-corrected chi connectivity index (χ4v) is 3.68. The van der Waals surface area contributed by atoms with Gasteiger partial charge in [-0.1, -0.05) is 11.6 Å². The highest BCUT2D eigenvalue weighted by atomic mass is 35.5. The molecule has 1 atom stereocenters. The van der Waals surface area contributed by atoms with Gasteiger partial charge in [0, 0.05) is 11.7 Å². The summed E-state index contributed by atoms with van der Waals surface area (Å²) in [5.74, 6) is 0.376. The Morgan fingerprint density at radius 2 is 2.24 bits per heavy atom. The van der Waals surface area contributed by atoms with Crippen LogP contribution in [0.1, 0.15) is 12.0 Å². The van der Waals surface area contributed by atoms with E-state index in [1.807, 2.05) is 6.07 Å². The number of nitriles is 1. The van der Waals surface area contributed by atoms with Crippen molar-refractivity contribution in [3.05, 3.63) is 28.8 Å². The summed E-state index contributed by atoms with van der Waals surface area (Å²) in [4.78, 5) is 0. The largest absolute Gasteiger partial charge is 0.381 e. The molecule has 1 fully saturated rings. The van der Waals surface area contributed by atoms with Crippen LogP contribution in [-0.2, 0) is 9.84 Å². The van der Waals surface area contributed by atoms with Gasteiger partial charge in [0.2, 0.25) is 0 Å². The number of hydrogen-bond acceptors (Lipinski definition) is 4. The van der Waals surface area contributed by atoms with Gasteiger partial charge in [0.25, 0.3) is 0 Å². The molecule has 0 aliphatic carbocycles. The van der Waals surface area contributed by atoms with E-state index < -0.39 is 9.84 Å². The zero-order valence-corrected chi connectivity index (χ0v) is 10.6. The summed E-state index contributed by atoms with van der Waals surface area (Å²) in [6, 6.07) is 6.92. The SMILES string of the molecule is N#Cc1cc(NC2CCS(=O)(=O)C2)ccc1Cl. The van der Waals surface area contributed by atoms with Crippen LogP contribution >= 0.6 is 11.6 Å². The number of nitrogens with zero attached hydrogens (tertiary/aromatic N) is 1. The molecule has 6 heteroatoms. The average molecular weight is 271 g/mol. The molecule has 1 aromatic rings. The van der Waals surface area contributed by atoms with E-state index in [4.69, 9.17) is 16.9 Å². The number of nitrogens with one attached hydrogen (secondary N) is 1. The summed E-state index contributed by atoms with van der Waals surface area (Å²) < 4.78 is 22.6. The average Bonchev–Trinajstić information content (AvgIpc) is 2.61. The van der Waals surface area contributed by atoms with Gasteiger partial charge < -0.3 is 5.32 Å². The van der Waals surface area contributed by atoms with E-state index in [9.17, 15) is 8.42 Å². The van der Waals surface area contributed by atoms with E-state index in [0.717, 1.165) is 5.69 Å². The zero-order chi connectivity index (χ0) is 12.5. The Balaban J connectivity index is 2.13. The van der Waals surface area contributed by atoms with Gasteiger partial charge in [0.15, 0.2) is 9.84 Å². The quantitative estimate of drug-likeness (QED) is 0.890. The molecule has 0 saturated carbocycles. The molecule has 17 heavy (non-hydrogen) atoms. The second-order valence-corrected chi connectivity index (χ2v) is 6.69. The number of halogens is 1. The Morgan fingerprint density at radius 1 is 1.47 bits per heavy atom. The van der Waals surface area contributed by atoms with Crippen LogP contribution in [0.4, 0.5) is 5.69 Å². The first kappa shape index (κ1) is 12.2. The summed E-state index contributed by atoms with van der Waals surface area (Å²) in [7, 11) is -2.89. The normalized spacial score (nSPS) is 22.0. The van der Waals surface area contributed by atoms with E-state index in [1.165, 1.54) is 0 Å². The second kappa shape index (κ2) is 4.55. The minimum Gasteiger partial charge on any atom is -0.381 e. The zero-order valence-electron chi connectivity index (χ0n) is 8.98. The highest BCUT2D eigenvalue weighted by Gasteiger charge is 2.27. The smallest absolute Gasteiger partial charge is 0.152 e. The van der Waals surface area contributed by atoms with Crippen molar-refractivity contribution in [3.63, 3.8) is 0 Å². The van der Waals surface area contributed by atoms with Gasteiger partial charge in [0.05, 0.1) is 22.1 Å². The number of sulfone groups is 1. The van der Waals surface area contributed by atoms with Crippen molar-refractivity contribution in [2.75, 3.05) is 16.8 Å². The lowest BCUT2D eigenvalue weighted by Crippen LogP contribution is -2.20. The van der Waals surface area contributed by atoms with Crippen LogP contribution in [0.5, 0.6) is 0 Å². The molecule has 1 aliphatic rings. The Morgan fingerprint density at radius 3 is 2.82 bits per heavy atom. The second-order valence-electron chi connectivity index (χ2n) is 4.05. The van der Waals surface area contributed by atoms with E-state index in [1.54, 1.807) is 18.2 Å². The minimum atomic E-state index is -2.89. The van der Waals surface area contributed by atoms with Crippen LogP contribution in [0, 0.1) is 11.3 Å². The van der Waals surface area contributed by atoms with Gasteiger partial charge >= 0.3 is 0 Å². The molecule has 1 saturated heterocycles. The van der Waals surface area contributed by atoms with E-state index in [2.05, 4.69) is 5.32 Å². The first-order chi connectivity index (χ1) is 8.00. The molecule has 90 valence electrons. The van der Waals surface area contributed by atoms with Crippen LogP contribution in [0.2, 0.25) is 5.02 Å². The van der Waals surface area contributed by atoms with E-state index >= 15 is 0 Å². The van der Waals surface area contributed by atoms with Crippen molar-refractivity contribution >= 4 is 27.1 Å². The van der Waals surface area contributed by atoms with Crippen molar-refractivity contribution < 1.29 is 8.42 Å². The summed E-state index contributed by atoms with van der Waals surface area (Å²) in [5.41, 5.74) is 1.12. The number of hydrogen-bond donors (Lipinski definition) is 1. The van der Waals surface area contributed by atoms with Crippen molar-refractivity contribution in [2.24, 2.45) is 0 Å². The Kier molecular flexibility index (Phi) is 3.27. The molecule has 0 radical (unpaired) electrons. The summed E-state index contributed by atoms with van der Waals surface area (Å²) in [6.45, 7) is 0. The van der Waals surface area contributed by atoms with Crippen LogP contribution < -0.4 is 5.32 Å². The first-order valence-electron chi connectivity index (χ1n) is 5.17. The summed E-state index contributed by atoms with van der Waals surface area (Å²) >= 11 is 5.81. The molecule has 0 amide bonds. The molecule has 0 bridgehead atoms. The topological polar surface area (TPSA) is 70.0 Å². The van der Waals surface area contributed by atoms with Gasteiger partial charge in [-0.25, -0.2) is 8.42 Å². The molecule has 1 aromatic carbocycles. The first-order valence-corrected chi connectivity index (χ1v) is 7.37. The summed E-state index contributed by atoms with van der Waals surface area (Å²) in [6.07, 6.45) is 0.604. The van der Waals surface area contributed by atoms with Crippen molar-refractivity contribution in [1.29, 1.82) is 5.26 Å². The molecule has 1 heterocycles. The fourth-order valence-electron chi connectivity index (χ4n) is 1.85. The highest BCUT2D eigenvalue weighted by molar-refractivity contribution is 7.91. The van der Waals surface area contributed by atoms with Crippen molar-refractivity contribution in [3.8, 4) is 6.07 Å². The number of benzene rings is 1. The maximum Gasteiger partial charge on any atom is 0.152 e. The van der Waals surface area contributed by atoms with Crippen molar-refractivity contribution in [2.45, 2.75) is 12.5 Å². The number of rotatable bonds is 2. The molecule has 4 nitrogen and oxygen atoms in total. The third kappa shape index (κ3) is 2.90. The lowest BCUT2D eigenvalue weighted by Gasteiger charge is -2.12. The maximum absolute atomic E-state index is 11.3. The Hall–Kier alpha value is -1.25. The molecular formula is C11H11ClN2O2S. The van der Waals surface area contributed by atoms with E-state index in [0.29, 0.717) is 17.0 Å². The molecule has 1 N–H and O–H groups in total. The lowest BCUT2D eigenvalue weighted by molar-refractivity contribution is 0.602. The minimum absolute atomic E-state index is 0.0762. The molecule has 0 spiro atoms. The van der Waals surface area contributed by atoms with Gasteiger partial charge in [0.1, 0.15) is 6.07 Å². The predicted molar refractivity (Wildman–Crippen MR) is 66.8 cm³/mol. The molecule has 1 aliphatic heterocycles. The lowest BCUT2D eigenvalue weighted by atomic mass is 10.2. The maximum atomic E-state index is 11.3. The van der Waals surface area contributed by atoms with E-state index in [-0.39, 0.29) is 17.5 Å². The van der Waals surface area contributed by atoms with Gasteiger partial charge in [-0.15, -0.1) is 0 Å². The molecule has 1 unspecified atom stereocenters. The fraction of sp³-hybridized carbons (Fsp3) is 0.364. The van der Waals surface area contributed by atoms with Crippen molar-refractivity contribution in [1.82, 2.24) is 0 Å². The van der Waals surface area contributed by atoms with Gasteiger partial charge in [-0.3, -0.25) is 0 Å². The van der Waals surface area contributed by atoms with Crippen LogP contribution in [0.15, 0.2) is 18.2 Å². The van der Waals surface area contributed by atoms with Crippen LogP contribution in [-0.4, -0.2) is 26.0 Å². The molecule has 0 aromatic heterocycles. The predicted octanol–water partition coefficient (Wildman–Crippen LogP) is 1.81. The Bertz CT molecular complexity index is 578. The summed E-state index contributed by atoms with van der Waals surface area (Å²) in [5, 5.41) is 12.3. The standard InChI is InChI=1S/C11H11ClN2O2S/c12-11-2-1-9(5-8(11)6-13)14-10-3-4-17(15,16)7-10/h1-2,5,10,14H,3-4,7H2.